The first-order valence-corrected chi connectivity index (χ1v) is 6.14. The van der Waals surface area contributed by atoms with Crippen LogP contribution in [0.5, 0.6) is 0 Å². The maximum absolute atomic E-state index is 4.40. The molecular weight excluding hydrogens is 266 g/mol. The fourth-order valence-corrected chi connectivity index (χ4v) is 2.17. The van der Waals surface area contributed by atoms with E-state index in [2.05, 4.69) is 61.4 Å². The van der Waals surface area contributed by atoms with Crippen LogP contribution in [-0.4, -0.2) is 22.9 Å². The molecular formula is C12H12BrN3. The number of rotatable bonds is 2. The smallest absolute Gasteiger partial charge is 0.0774 e. The van der Waals surface area contributed by atoms with Gasteiger partial charge in [0.05, 0.1) is 11.7 Å². The van der Waals surface area contributed by atoms with Crippen molar-refractivity contribution in [3.63, 3.8) is 0 Å². The summed E-state index contributed by atoms with van der Waals surface area (Å²) < 4.78 is 3.22. The van der Waals surface area contributed by atoms with Crippen molar-refractivity contribution in [1.29, 1.82) is 0 Å². The van der Waals surface area contributed by atoms with Gasteiger partial charge in [0.25, 0.3) is 0 Å². The summed E-state index contributed by atoms with van der Waals surface area (Å²) in [7, 11) is 0. The molecule has 2 aromatic rings. The molecule has 4 heteroatoms. The van der Waals surface area contributed by atoms with Crippen molar-refractivity contribution in [2.75, 3.05) is 13.1 Å². The van der Waals surface area contributed by atoms with Crippen LogP contribution >= 0.6 is 15.9 Å². The summed E-state index contributed by atoms with van der Waals surface area (Å²) in [6, 6.07) is 10.9. The molecule has 0 bridgehead atoms. The van der Waals surface area contributed by atoms with Gasteiger partial charge in [-0.25, -0.2) is 0 Å². The number of hydrogen-bond donors (Lipinski definition) is 1. The minimum atomic E-state index is 0.508. The molecule has 1 aliphatic rings. The predicted octanol–water partition coefficient (Wildman–Crippen LogP) is 2.46. The van der Waals surface area contributed by atoms with Gasteiger partial charge in [0, 0.05) is 23.8 Å². The molecule has 0 spiro atoms. The fraction of sp³-hybridized carbons (Fsp3) is 0.250. The predicted molar refractivity (Wildman–Crippen MR) is 67.3 cm³/mol. The Hall–Kier alpha value is -1.13. The maximum atomic E-state index is 4.40. The largest absolute Gasteiger partial charge is 0.312 e. The van der Waals surface area contributed by atoms with Crippen molar-refractivity contribution in [3.05, 3.63) is 41.0 Å². The molecule has 0 atom stereocenters. The van der Waals surface area contributed by atoms with E-state index >= 15 is 0 Å². The van der Waals surface area contributed by atoms with Gasteiger partial charge in [-0.05, 0) is 23.8 Å². The standard InChI is InChI=1S/C12H12BrN3/c13-10-3-1-9(2-4-10)12-5-6-15-16(12)11-7-14-8-11/h1-6,11,14H,7-8H2. The summed E-state index contributed by atoms with van der Waals surface area (Å²) in [6.45, 7) is 2.04. The van der Waals surface area contributed by atoms with Crippen LogP contribution in [0.1, 0.15) is 6.04 Å². The summed E-state index contributed by atoms with van der Waals surface area (Å²) in [5.74, 6) is 0. The molecule has 1 fully saturated rings. The molecule has 1 aromatic heterocycles. The zero-order valence-corrected chi connectivity index (χ0v) is 10.3. The molecule has 0 saturated carbocycles. The van der Waals surface area contributed by atoms with Gasteiger partial charge >= 0.3 is 0 Å². The molecule has 3 rings (SSSR count). The summed E-state index contributed by atoms with van der Waals surface area (Å²) in [5, 5.41) is 7.67. The number of benzene rings is 1. The van der Waals surface area contributed by atoms with Gasteiger partial charge in [0.2, 0.25) is 0 Å². The number of halogens is 1. The lowest BCUT2D eigenvalue weighted by Crippen LogP contribution is -2.44. The van der Waals surface area contributed by atoms with E-state index in [1.165, 1.54) is 11.3 Å². The molecule has 0 amide bonds. The Kier molecular flexibility index (Phi) is 2.53. The summed E-state index contributed by atoms with van der Waals surface area (Å²) >= 11 is 3.45. The zero-order chi connectivity index (χ0) is 11.0. The van der Waals surface area contributed by atoms with Gasteiger partial charge in [-0.2, -0.15) is 5.10 Å². The molecule has 0 radical (unpaired) electrons. The van der Waals surface area contributed by atoms with Crippen molar-refractivity contribution in [1.82, 2.24) is 15.1 Å². The van der Waals surface area contributed by atoms with Gasteiger partial charge in [-0.3, -0.25) is 4.68 Å². The van der Waals surface area contributed by atoms with E-state index in [4.69, 9.17) is 0 Å². The lowest BCUT2D eigenvalue weighted by Gasteiger charge is -2.28. The van der Waals surface area contributed by atoms with Crippen LogP contribution in [0.4, 0.5) is 0 Å². The maximum Gasteiger partial charge on any atom is 0.0774 e. The van der Waals surface area contributed by atoms with Gasteiger partial charge in [-0.15, -0.1) is 0 Å². The molecule has 82 valence electrons. The van der Waals surface area contributed by atoms with Crippen LogP contribution in [0.15, 0.2) is 41.0 Å². The molecule has 0 aliphatic carbocycles. The fourth-order valence-electron chi connectivity index (χ4n) is 1.90. The van der Waals surface area contributed by atoms with E-state index in [9.17, 15) is 0 Å². The first-order valence-electron chi connectivity index (χ1n) is 5.35. The number of aromatic nitrogens is 2. The highest BCUT2D eigenvalue weighted by molar-refractivity contribution is 9.10. The number of nitrogens with one attached hydrogen (secondary N) is 1. The van der Waals surface area contributed by atoms with Crippen LogP contribution < -0.4 is 5.32 Å². The summed E-state index contributed by atoms with van der Waals surface area (Å²) in [6.07, 6.45) is 1.87. The Bertz CT molecular complexity index is 485. The van der Waals surface area contributed by atoms with Gasteiger partial charge < -0.3 is 5.32 Å². The van der Waals surface area contributed by atoms with E-state index in [1.807, 2.05) is 6.20 Å². The highest BCUT2D eigenvalue weighted by Gasteiger charge is 2.21. The Balaban J connectivity index is 1.99. The average Bonchev–Trinajstić information content (AvgIpc) is 2.65. The second-order valence-corrected chi connectivity index (χ2v) is 4.90. The van der Waals surface area contributed by atoms with E-state index in [-0.39, 0.29) is 0 Å². The van der Waals surface area contributed by atoms with Crippen LogP contribution in [0.25, 0.3) is 11.3 Å². The van der Waals surface area contributed by atoms with E-state index in [1.54, 1.807) is 0 Å². The highest BCUT2D eigenvalue weighted by atomic mass is 79.9. The third-order valence-corrected chi connectivity index (χ3v) is 3.44. The summed E-state index contributed by atoms with van der Waals surface area (Å²) in [4.78, 5) is 0. The molecule has 3 nitrogen and oxygen atoms in total. The van der Waals surface area contributed by atoms with Crippen molar-refractivity contribution >= 4 is 15.9 Å². The second-order valence-electron chi connectivity index (χ2n) is 3.98. The monoisotopic (exact) mass is 277 g/mol. The first-order chi connectivity index (χ1) is 7.84. The molecule has 1 N–H and O–H groups in total. The van der Waals surface area contributed by atoms with E-state index in [0.717, 1.165) is 17.6 Å². The van der Waals surface area contributed by atoms with Gasteiger partial charge in [-0.1, -0.05) is 28.1 Å². The Morgan fingerprint density at radius 2 is 1.94 bits per heavy atom. The van der Waals surface area contributed by atoms with E-state index in [0.29, 0.717) is 6.04 Å². The first kappa shape index (κ1) is 10.1. The van der Waals surface area contributed by atoms with Crippen LogP contribution in [0.3, 0.4) is 0 Å². The lowest BCUT2D eigenvalue weighted by molar-refractivity contribution is 0.321. The molecule has 16 heavy (non-hydrogen) atoms. The van der Waals surface area contributed by atoms with Crippen molar-refractivity contribution in [3.8, 4) is 11.3 Å². The van der Waals surface area contributed by atoms with Gasteiger partial charge in [0.15, 0.2) is 0 Å². The molecule has 2 heterocycles. The lowest BCUT2D eigenvalue weighted by atomic mass is 10.1. The second kappa shape index (κ2) is 4.03. The average molecular weight is 278 g/mol. The molecule has 0 unspecified atom stereocenters. The Morgan fingerprint density at radius 3 is 2.56 bits per heavy atom. The zero-order valence-electron chi connectivity index (χ0n) is 8.73. The normalized spacial score (nSPS) is 16.1. The molecule has 1 saturated heterocycles. The van der Waals surface area contributed by atoms with Crippen molar-refractivity contribution in [2.45, 2.75) is 6.04 Å². The van der Waals surface area contributed by atoms with E-state index < -0.39 is 0 Å². The van der Waals surface area contributed by atoms with Crippen molar-refractivity contribution < 1.29 is 0 Å². The molecule has 1 aromatic carbocycles. The quantitative estimate of drug-likeness (QED) is 0.914. The van der Waals surface area contributed by atoms with Crippen LogP contribution in [0.2, 0.25) is 0 Å². The SMILES string of the molecule is Brc1ccc(-c2ccnn2C2CNC2)cc1. The van der Waals surface area contributed by atoms with Crippen LogP contribution in [-0.2, 0) is 0 Å². The Morgan fingerprint density at radius 1 is 1.19 bits per heavy atom. The minimum absolute atomic E-state index is 0.508. The third kappa shape index (κ3) is 1.68. The topological polar surface area (TPSA) is 29.9 Å². The number of nitrogens with zero attached hydrogens (tertiary/aromatic N) is 2. The Labute approximate surface area is 103 Å². The molecule has 1 aliphatic heterocycles. The third-order valence-electron chi connectivity index (χ3n) is 2.92. The van der Waals surface area contributed by atoms with Gasteiger partial charge in [0.1, 0.15) is 0 Å². The number of hydrogen-bond acceptors (Lipinski definition) is 2. The highest BCUT2D eigenvalue weighted by Crippen LogP contribution is 2.25. The van der Waals surface area contributed by atoms with Crippen molar-refractivity contribution in [2.24, 2.45) is 0 Å². The van der Waals surface area contributed by atoms with Crippen LogP contribution in [0, 0.1) is 0 Å². The minimum Gasteiger partial charge on any atom is -0.312 e. The summed E-state index contributed by atoms with van der Waals surface area (Å²) in [5.41, 5.74) is 2.41.